The maximum absolute atomic E-state index is 5.71. The van der Waals surface area contributed by atoms with Gasteiger partial charge in [-0.1, -0.05) is 27.2 Å². The Bertz CT molecular complexity index is 504. The molecule has 0 spiro atoms. The Labute approximate surface area is 115 Å². The third-order valence-electron chi connectivity index (χ3n) is 2.51. The smallest absolute Gasteiger partial charge is 0.119 e. The second-order valence-corrected chi connectivity index (χ2v) is 4.84. The van der Waals surface area contributed by atoms with Crippen LogP contribution < -0.4 is 4.74 Å². The molecule has 0 aliphatic carbocycles. The third kappa shape index (κ3) is 3.57. The molecule has 4 nitrogen and oxygen atoms in total. The molecule has 0 saturated heterocycles. The summed E-state index contributed by atoms with van der Waals surface area (Å²) in [6, 6.07) is 6.21. The van der Waals surface area contributed by atoms with Crippen LogP contribution >= 0.6 is 15.9 Å². The van der Waals surface area contributed by atoms with Crippen molar-refractivity contribution in [3.05, 3.63) is 41.2 Å². The minimum Gasteiger partial charge on any atom is -0.492 e. The summed E-state index contributed by atoms with van der Waals surface area (Å²) in [6.07, 6.45) is 1.92. The Morgan fingerprint density at radius 2 is 1.94 bits per heavy atom. The summed E-state index contributed by atoms with van der Waals surface area (Å²) in [7, 11) is 0. The number of alkyl halides is 1. The fourth-order valence-electron chi connectivity index (χ4n) is 1.78. The molecule has 0 fully saturated rings. The van der Waals surface area contributed by atoms with Crippen LogP contribution in [0.25, 0.3) is 0 Å². The minimum absolute atomic E-state index is 0.591. The van der Waals surface area contributed by atoms with Gasteiger partial charge in [-0.05, 0) is 37.1 Å². The summed E-state index contributed by atoms with van der Waals surface area (Å²) in [6.45, 7) is 5.43. The zero-order valence-electron chi connectivity index (χ0n) is 10.6. The van der Waals surface area contributed by atoms with Crippen LogP contribution in [0, 0.1) is 13.8 Å². The first kappa shape index (κ1) is 13.1. The Kier molecular flexibility index (Phi) is 4.36. The van der Waals surface area contributed by atoms with Crippen LogP contribution in [0.3, 0.4) is 0 Å². The van der Waals surface area contributed by atoms with Gasteiger partial charge in [-0.3, -0.25) is 0 Å². The van der Waals surface area contributed by atoms with Crippen LogP contribution in [-0.2, 0) is 11.9 Å². The molecule has 0 atom stereocenters. The van der Waals surface area contributed by atoms with E-state index in [2.05, 4.69) is 46.2 Å². The average Bonchev–Trinajstić information content (AvgIpc) is 2.76. The number of hydrogen-bond donors (Lipinski definition) is 0. The number of aromatic nitrogens is 3. The van der Waals surface area contributed by atoms with Gasteiger partial charge < -0.3 is 4.74 Å². The van der Waals surface area contributed by atoms with E-state index in [-0.39, 0.29) is 0 Å². The molecule has 5 heteroatoms. The molecule has 1 aromatic carbocycles. The molecule has 1 aromatic heterocycles. The summed E-state index contributed by atoms with van der Waals surface area (Å²) >= 11 is 3.34. The number of rotatable bonds is 5. The Morgan fingerprint density at radius 3 is 2.56 bits per heavy atom. The monoisotopic (exact) mass is 309 g/mol. The van der Waals surface area contributed by atoms with E-state index in [0.717, 1.165) is 16.8 Å². The fraction of sp³-hybridized carbons (Fsp3) is 0.385. The summed E-state index contributed by atoms with van der Waals surface area (Å²) in [5.41, 5.74) is 3.36. The molecule has 0 aliphatic rings. The van der Waals surface area contributed by atoms with Gasteiger partial charge >= 0.3 is 0 Å². The molecule has 0 bridgehead atoms. The number of aryl methyl sites for hydroxylation is 2. The van der Waals surface area contributed by atoms with E-state index >= 15 is 0 Å². The molecule has 2 aromatic rings. The van der Waals surface area contributed by atoms with Gasteiger partial charge in [0.2, 0.25) is 0 Å². The van der Waals surface area contributed by atoms with Crippen LogP contribution in [0.1, 0.15) is 16.8 Å². The standard InChI is InChI=1S/C13H16BrN3O/c1-10-5-11(2)7-13(6-10)18-4-3-17-9-12(8-14)15-16-17/h5-7,9H,3-4,8H2,1-2H3. The van der Waals surface area contributed by atoms with E-state index in [1.165, 1.54) is 11.1 Å². The first-order valence-electron chi connectivity index (χ1n) is 5.83. The van der Waals surface area contributed by atoms with Gasteiger partial charge in [0.25, 0.3) is 0 Å². The van der Waals surface area contributed by atoms with Crippen molar-refractivity contribution in [3.63, 3.8) is 0 Å². The molecule has 0 saturated carbocycles. The Hall–Kier alpha value is -1.36. The largest absolute Gasteiger partial charge is 0.492 e. The lowest BCUT2D eigenvalue weighted by Crippen LogP contribution is -2.08. The van der Waals surface area contributed by atoms with Gasteiger partial charge in [0.05, 0.1) is 12.2 Å². The maximum atomic E-state index is 5.71. The van der Waals surface area contributed by atoms with Gasteiger partial charge in [0.1, 0.15) is 12.4 Å². The first-order chi connectivity index (χ1) is 8.67. The quantitative estimate of drug-likeness (QED) is 0.797. The van der Waals surface area contributed by atoms with Crippen molar-refractivity contribution in [2.45, 2.75) is 25.7 Å². The predicted octanol–water partition coefficient (Wildman–Crippen LogP) is 2.87. The van der Waals surface area contributed by atoms with E-state index in [9.17, 15) is 0 Å². The Morgan fingerprint density at radius 1 is 1.22 bits per heavy atom. The summed E-state index contributed by atoms with van der Waals surface area (Å²) in [5, 5.41) is 8.74. The van der Waals surface area contributed by atoms with Crippen molar-refractivity contribution < 1.29 is 4.74 Å². The lowest BCUT2D eigenvalue weighted by Gasteiger charge is -2.07. The molecule has 96 valence electrons. The first-order valence-corrected chi connectivity index (χ1v) is 6.95. The number of benzene rings is 1. The molecule has 2 rings (SSSR count). The number of nitrogens with zero attached hydrogens (tertiary/aromatic N) is 3. The van der Waals surface area contributed by atoms with Crippen LogP contribution in [0.15, 0.2) is 24.4 Å². The van der Waals surface area contributed by atoms with E-state index in [0.29, 0.717) is 13.2 Å². The molecule has 0 radical (unpaired) electrons. The second kappa shape index (κ2) is 6.00. The molecule has 0 unspecified atom stereocenters. The molecule has 18 heavy (non-hydrogen) atoms. The van der Waals surface area contributed by atoms with Gasteiger partial charge in [-0.25, -0.2) is 4.68 Å². The topological polar surface area (TPSA) is 39.9 Å². The highest BCUT2D eigenvalue weighted by molar-refractivity contribution is 9.08. The van der Waals surface area contributed by atoms with Gasteiger partial charge in [0.15, 0.2) is 0 Å². The summed E-state index contributed by atoms with van der Waals surface area (Å²) in [4.78, 5) is 0. The highest BCUT2D eigenvalue weighted by atomic mass is 79.9. The highest BCUT2D eigenvalue weighted by Gasteiger charge is 2.00. The average molecular weight is 310 g/mol. The van der Waals surface area contributed by atoms with Crippen molar-refractivity contribution in [2.24, 2.45) is 0 Å². The molecule has 0 N–H and O–H groups in total. The normalized spacial score (nSPS) is 10.6. The van der Waals surface area contributed by atoms with E-state index in [4.69, 9.17) is 4.74 Å². The molecular weight excluding hydrogens is 294 g/mol. The molecular formula is C13H16BrN3O. The zero-order chi connectivity index (χ0) is 13.0. The van der Waals surface area contributed by atoms with Gasteiger partial charge in [-0.2, -0.15) is 0 Å². The predicted molar refractivity (Wildman–Crippen MR) is 74.1 cm³/mol. The summed E-state index contributed by atoms with van der Waals surface area (Å²) < 4.78 is 7.51. The maximum Gasteiger partial charge on any atom is 0.119 e. The van der Waals surface area contributed by atoms with Crippen molar-refractivity contribution in [1.82, 2.24) is 15.0 Å². The van der Waals surface area contributed by atoms with Crippen molar-refractivity contribution in [2.75, 3.05) is 6.61 Å². The van der Waals surface area contributed by atoms with Crippen molar-refractivity contribution in [1.29, 1.82) is 0 Å². The minimum atomic E-state index is 0.591. The van der Waals surface area contributed by atoms with E-state index < -0.39 is 0 Å². The third-order valence-corrected chi connectivity index (χ3v) is 3.08. The van der Waals surface area contributed by atoms with Crippen LogP contribution in [0.4, 0.5) is 0 Å². The number of ether oxygens (including phenoxy) is 1. The second-order valence-electron chi connectivity index (χ2n) is 4.28. The lowest BCUT2D eigenvalue weighted by atomic mass is 10.1. The molecule has 1 heterocycles. The van der Waals surface area contributed by atoms with Crippen LogP contribution in [0.5, 0.6) is 5.75 Å². The SMILES string of the molecule is Cc1cc(C)cc(OCCn2cc(CBr)nn2)c1. The van der Waals surface area contributed by atoms with Gasteiger partial charge in [-0.15, -0.1) is 5.10 Å². The zero-order valence-corrected chi connectivity index (χ0v) is 12.1. The van der Waals surface area contributed by atoms with Gasteiger partial charge in [0, 0.05) is 11.5 Å². The number of halogens is 1. The van der Waals surface area contributed by atoms with Crippen molar-refractivity contribution in [3.8, 4) is 5.75 Å². The molecule has 0 aliphatic heterocycles. The Balaban J connectivity index is 1.88. The summed E-state index contributed by atoms with van der Waals surface area (Å²) in [5.74, 6) is 0.910. The molecule has 0 amide bonds. The van der Waals surface area contributed by atoms with E-state index in [1.54, 1.807) is 4.68 Å². The number of hydrogen-bond acceptors (Lipinski definition) is 3. The fourth-order valence-corrected chi connectivity index (χ4v) is 2.04. The lowest BCUT2D eigenvalue weighted by molar-refractivity contribution is 0.289. The van der Waals surface area contributed by atoms with Crippen LogP contribution in [0.2, 0.25) is 0 Å². The van der Waals surface area contributed by atoms with Crippen LogP contribution in [-0.4, -0.2) is 21.6 Å². The highest BCUT2D eigenvalue weighted by Crippen LogP contribution is 2.16. The van der Waals surface area contributed by atoms with E-state index in [1.807, 2.05) is 18.3 Å². The van der Waals surface area contributed by atoms with Crippen molar-refractivity contribution >= 4 is 15.9 Å².